The van der Waals surface area contributed by atoms with Gasteiger partial charge in [-0.3, -0.25) is 0 Å². The van der Waals surface area contributed by atoms with Gasteiger partial charge in [-0.05, 0) is 46.3 Å². The molecule has 19 heavy (non-hydrogen) atoms. The highest BCUT2D eigenvalue weighted by Gasteiger charge is 2.03. The molecule has 0 aliphatic carbocycles. The van der Waals surface area contributed by atoms with E-state index in [-0.39, 0.29) is 5.82 Å². The van der Waals surface area contributed by atoms with Crippen molar-refractivity contribution in [2.45, 2.75) is 0 Å². The molecule has 2 rings (SSSR count). The molecule has 0 bridgehead atoms. The molecule has 0 aliphatic heterocycles. The lowest BCUT2D eigenvalue weighted by Gasteiger charge is -2.10. The van der Waals surface area contributed by atoms with Gasteiger partial charge >= 0.3 is 0 Å². The van der Waals surface area contributed by atoms with Gasteiger partial charge in [-0.2, -0.15) is 0 Å². The number of halogens is 2. The highest BCUT2D eigenvalue weighted by Crippen LogP contribution is 2.25. The molecule has 5 heteroatoms. The van der Waals surface area contributed by atoms with Crippen LogP contribution < -0.4 is 15.2 Å². The van der Waals surface area contributed by atoms with Gasteiger partial charge in [0.1, 0.15) is 30.5 Å². The number of hydrogen-bond donors (Lipinski definition) is 1. The quantitative estimate of drug-likeness (QED) is 0.674. The Labute approximate surface area is 119 Å². The molecular formula is C14H13BrFNO2. The molecule has 2 aromatic carbocycles. The Balaban J connectivity index is 1.83. The summed E-state index contributed by atoms with van der Waals surface area (Å²) >= 11 is 3.23. The highest BCUT2D eigenvalue weighted by atomic mass is 79.9. The fourth-order valence-corrected chi connectivity index (χ4v) is 1.97. The molecule has 0 spiro atoms. The van der Waals surface area contributed by atoms with E-state index in [4.69, 9.17) is 15.2 Å². The molecule has 3 nitrogen and oxygen atoms in total. The average molecular weight is 326 g/mol. The molecule has 0 aromatic heterocycles. The van der Waals surface area contributed by atoms with Gasteiger partial charge in [0.15, 0.2) is 0 Å². The van der Waals surface area contributed by atoms with Gasteiger partial charge in [-0.15, -0.1) is 0 Å². The number of benzene rings is 2. The topological polar surface area (TPSA) is 44.5 Å². The maximum atomic E-state index is 12.9. The Morgan fingerprint density at radius 2 is 1.68 bits per heavy atom. The van der Waals surface area contributed by atoms with E-state index in [2.05, 4.69) is 15.9 Å². The van der Waals surface area contributed by atoms with E-state index >= 15 is 0 Å². The van der Waals surface area contributed by atoms with Crippen LogP contribution in [-0.2, 0) is 0 Å². The first-order valence-electron chi connectivity index (χ1n) is 5.72. The molecule has 0 atom stereocenters. The lowest BCUT2D eigenvalue weighted by atomic mass is 10.3. The first kappa shape index (κ1) is 13.7. The highest BCUT2D eigenvalue weighted by molar-refractivity contribution is 9.10. The van der Waals surface area contributed by atoms with Crippen LogP contribution in [0, 0.1) is 5.82 Å². The molecular weight excluding hydrogens is 313 g/mol. The van der Waals surface area contributed by atoms with Crippen LogP contribution in [0.25, 0.3) is 0 Å². The smallest absolute Gasteiger partial charge is 0.142 e. The Morgan fingerprint density at radius 1 is 1.00 bits per heavy atom. The lowest BCUT2D eigenvalue weighted by Crippen LogP contribution is -2.10. The van der Waals surface area contributed by atoms with Crippen LogP contribution in [0.1, 0.15) is 0 Å². The first-order chi connectivity index (χ1) is 9.16. The van der Waals surface area contributed by atoms with Gasteiger partial charge in [-0.1, -0.05) is 12.1 Å². The van der Waals surface area contributed by atoms with Crippen molar-refractivity contribution in [2.75, 3.05) is 18.9 Å². The minimum Gasteiger partial charge on any atom is -0.489 e. The predicted octanol–water partition coefficient (Wildman–Crippen LogP) is 3.63. The molecule has 2 N–H and O–H groups in total. The maximum Gasteiger partial charge on any atom is 0.142 e. The van der Waals surface area contributed by atoms with E-state index in [0.29, 0.717) is 34.9 Å². The summed E-state index contributed by atoms with van der Waals surface area (Å²) < 4.78 is 24.4. The second kappa shape index (κ2) is 6.43. The van der Waals surface area contributed by atoms with Crippen LogP contribution in [-0.4, -0.2) is 13.2 Å². The Morgan fingerprint density at radius 3 is 2.37 bits per heavy atom. The summed E-state index contributed by atoms with van der Waals surface area (Å²) in [6, 6.07) is 11.5. The molecule has 0 radical (unpaired) electrons. The van der Waals surface area contributed by atoms with Crippen molar-refractivity contribution in [3.63, 3.8) is 0 Å². The second-order valence-corrected chi connectivity index (χ2v) is 4.66. The summed E-state index contributed by atoms with van der Waals surface area (Å²) in [6.07, 6.45) is 0. The molecule has 2 aromatic rings. The normalized spacial score (nSPS) is 10.2. The largest absolute Gasteiger partial charge is 0.489 e. The molecule has 0 saturated carbocycles. The zero-order valence-electron chi connectivity index (χ0n) is 10.1. The summed E-state index contributed by atoms with van der Waals surface area (Å²) in [5.41, 5.74) is 6.33. The fourth-order valence-electron chi connectivity index (χ4n) is 1.51. The molecule has 0 fully saturated rings. The molecule has 0 heterocycles. The summed E-state index contributed by atoms with van der Waals surface area (Å²) in [5, 5.41) is 0. The Hall–Kier alpha value is -1.75. The van der Waals surface area contributed by atoms with Crippen LogP contribution in [0.3, 0.4) is 0 Å². The first-order valence-corrected chi connectivity index (χ1v) is 6.51. The van der Waals surface area contributed by atoms with E-state index in [9.17, 15) is 4.39 Å². The lowest BCUT2D eigenvalue weighted by molar-refractivity contribution is 0.217. The molecule has 0 unspecified atom stereocenters. The van der Waals surface area contributed by atoms with Gasteiger partial charge in [0, 0.05) is 0 Å². The van der Waals surface area contributed by atoms with Crippen LogP contribution in [0.2, 0.25) is 0 Å². The van der Waals surface area contributed by atoms with Crippen LogP contribution >= 0.6 is 15.9 Å². The minimum absolute atomic E-state index is 0.312. The Kier molecular flexibility index (Phi) is 4.63. The van der Waals surface area contributed by atoms with Gasteiger partial charge in [0.05, 0.1) is 10.2 Å². The third-order valence-electron chi connectivity index (χ3n) is 2.41. The molecule has 0 saturated heterocycles. The molecule has 100 valence electrons. The number of anilines is 1. The van der Waals surface area contributed by atoms with Crippen LogP contribution in [0.4, 0.5) is 10.1 Å². The summed E-state index contributed by atoms with van der Waals surface area (Å²) in [6.45, 7) is 0.705. The number of rotatable bonds is 5. The van der Waals surface area contributed by atoms with Crippen LogP contribution in [0.5, 0.6) is 11.5 Å². The van der Waals surface area contributed by atoms with Crippen LogP contribution in [0.15, 0.2) is 46.9 Å². The van der Waals surface area contributed by atoms with E-state index in [1.807, 2.05) is 12.1 Å². The third-order valence-corrected chi connectivity index (χ3v) is 3.03. The standard InChI is InChI=1S/C14H13BrFNO2/c15-11-9-10(16)5-6-13(11)18-7-8-19-14-4-2-1-3-12(14)17/h1-6,9H,7-8,17H2. The summed E-state index contributed by atoms with van der Waals surface area (Å²) in [4.78, 5) is 0. The van der Waals surface area contributed by atoms with Crippen molar-refractivity contribution in [2.24, 2.45) is 0 Å². The van der Waals surface area contributed by atoms with Crippen molar-refractivity contribution in [3.8, 4) is 11.5 Å². The van der Waals surface area contributed by atoms with E-state index in [0.717, 1.165) is 0 Å². The van der Waals surface area contributed by atoms with E-state index < -0.39 is 0 Å². The van der Waals surface area contributed by atoms with Crippen molar-refractivity contribution < 1.29 is 13.9 Å². The second-order valence-electron chi connectivity index (χ2n) is 3.81. The SMILES string of the molecule is Nc1ccccc1OCCOc1ccc(F)cc1Br. The molecule has 0 aliphatic rings. The van der Waals surface area contributed by atoms with Crippen molar-refractivity contribution >= 4 is 21.6 Å². The van der Waals surface area contributed by atoms with Gasteiger partial charge in [0.25, 0.3) is 0 Å². The van der Waals surface area contributed by atoms with Gasteiger partial charge in [0.2, 0.25) is 0 Å². The Bertz CT molecular complexity index is 563. The number of nitrogens with two attached hydrogens (primary N) is 1. The van der Waals surface area contributed by atoms with Gasteiger partial charge in [-0.25, -0.2) is 4.39 Å². The zero-order valence-corrected chi connectivity index (χ0v) is 11.7. The monoisotopic (exact) mass is 325 g/mol. The number of nitrogen functional groups attached to an aromatic ring is 1. The number of ether oxygens (including phenoxy) is 2. The number of para-hydroxylation sites is 2. The predicted molar refractivity (Wildman–Crippen MR) is 75.9 cm³/mol. The van der Waals surface area contributed by atoms with Gasteiger partial charge < -0.3 is 15.2 Å². The summed E-state index contributed by atoms with van der Waals surface area (Å²) in [5.74, 6) is 0.892. The average Bonchev–Trinajstić information content (AvgIpc) is 2.38. The minimum atomic E-state index is -0.312. The van der Waals surface area contributed by atoms with E-state index in [1.54, 1.807) is 18.2 Å². The molecule has 0 amide bonds. The van der Waals surface area contributed by atoms with Crippen molar-refractivity contribution in [3.05, 3.63) is 52.8 Å². The van der Waals surface area contributed by atoms with Crippen molar-refractivity contribution in [1.82, 2.24) is 0 Å². The maximum absolute atomic E-state index is 12.9. The van der Waals surface area contributed by atoms with Crippen molar-refractivity contribution in [1.29, 1.82) is 0 Å². The zero-order chi connectivity index (χ0) is 13.7. The third kappa shape index (κ3) is 3.86. The van der Waals surface area contributed by atoms with E-state index in [1.165, 1.54) is 12.1 Å². The summed E-state index contributed by atoms with van der Waals surface area (Å²) in [7, 11) is 0. The number of hydrogen-bond acceptors (Lipinski definition) is 3. The fraction of sp³-hybridized carbons (Fsp3) is 0.143.